The van der Waals surface area contributed by atoms with Crippen molar-refractivity contribution in [3.05, 3.63) is 29.3 Å². The van der Waals surface area contributed by atoms with Crippen molar-refractivity contribution in [2.75, 3.05) is 19.8 Å². The zero-order chi connectivity index (χ0) is 14.1. The molecule has 3 atom stereocenters. The Balaban J connectivity index is 1.86. The van der Waals surface area contributed by atoms with E-state index in [1.54, 1.807) is 12.1 Å². The van der Waals surface area contributed by atoms with Crippen molar-refractivity contribution in [3.63, 3.8) is 0 Å². The van der Waals surface area contributed by atoms with Gasteiger partial charge in [0.25, 0.3) is 5.91 Å². The Labute approximate surface area is 117 Å². The lowest BCUT2D eigenvalue weighted by atomic mass is 9.92. The van der Waals surface area contributed by atoms with Crippen molar-refractivity contribution < 1.29 is 19.4 Å². The molecule has 1 saturated heterocycles. The highest BCUT2D eigenvalue weighted by atomic mass is 16.5. The van der Waals surface area contributed by atoms with Gasteiger partial charge in [0.05, 0.1) is 30.9 Å². The fourth-order valence-corrected chi connectivity index (χ4v) is 2.80. The second-order valence-electron chi connectivity index (χ2n) is 5.44. The zero-order valence-corrected chi connectivity index (χ0v) is 11.5. The van der Waals surface area contributed by atoms with Gasteiger partial charge in [0.15, 0.2) is 0 Å². The first-order valence-electron chi connectivity index (χ1n) is 7.00. The van der Waals surface area contributed by atoms with E-state index in [1.807, 2.05) is 13.0 Å². The van der Waals surface area contributed by atoms with Gasteiger partial charge in [-0.1, -0.05) is 6.07 Å². The number of aliphatic hydroxyl groups excluding tert-OH is 1. The summed E-state index contributed by atoms with van der Waals surface area (Å²) in [6.07, 6.45) is 0.407. The van der Waals surface area contributed by atoms with Crippen LogP contribution in [0.15, 0.2) is 18.2 Å². The number of fused-ring (bicyclic) bond motifs is 1. The van der Waals surface area contributed by atoms with Crippen LogP contribution in [-0.2, 0) is 4.74 Å². The molecule has 2 heterocycles. The normalized spacial score (nSPS) is 27.2. The van der Waals surface area contributed by atoms with E-state index < -0.39 is 6.10 Å². The molecule has 0 aliphatic carbocycles. The van der Waals surface area contributed by atoms with Crippen LogP contribution in [0.1, 0.15) is 35.4 Å². The molecule has 3 rings (SSSR count). The molecule has 108 valence electrons. The lowest BCUT2D eigenvalue weighted by molar-refractivity contribution is 0.0803. The first-order chi connectivity index (χ1) is 9.65. The van der Waals surface area contributed by atoms with E-state index in [4.69, 9.17) is 9.47 Å². The SMILES string of the molecule is CC1CC(C(O)c2ccc3c(c2)C(=O)NCCO3)CO1. The van der Waals surface area contributed by atoms with Crippen molar-refractivity contribution in [2.24, 2.45) is 5.92 Å². The molecule has 3 unspecified atom stereocenters. The number of ether oxygens (including phenoxy) is 2. The number of hydrogen-bond acceptors (Lipinski definition) is 4. The first-order valence-corrected chi connectivity index (χ1v) is 7.00. The Morgan fingerprint density at radius 1 is 1.45 bits per heavy atom. The monoisotopic (exact) mass is 277 g/mol. The molecule has 5 heteroatoms. The van der Waals surface area contributed by atoms with Gasteiger partial charge >= 0.3 is 0 Å². The van der Waals surface area contributed by atoms with E-state index in [-0.39, 0.29) is 17.9 Å². The summed E-state index contributed by atoms with van der Waals surface area (Å²) in [5.41, 5.74) is 1.23. The highest BCUT2D eigenvalue weighted by Crippen LogP contribution is 2.33. The largest absolute Gasteiger partial charge is 0.491 e. The van der Waals surface area contributed by atoms with E-state index >= 15 is 0 Å². The van der Waals surface area contributed by atoms with Crippen LogP contribution < -0.4 is 10.1 Å². The topological polar surface area (TPSA) is 67.8 Å². The molecule has 2 aliphatic rings. The molecule has 0 aromatic heterocycles. The van der Waals surface area contributed by atoms with Crippen molar-refractivity contribution in [1.82, 2.24) is 5.32 Å². The molecule has 0 bridgehead atoms. The van der Waals surface area contributed by atoms with Gasteiger partial charge < -0.3 is 19.9 Å². The fraction of sp³-hybridized carbons (Fsp3) is 0.533. The lowest BCUT2D eigenvalue weighted by Crippen LogP contribution is -2.24. The van der Waals surface area contributed by atoms with Gasteiger partial charge in [0.1, 0.15) is 12.4 Å². The van der Waals surface area contributed by atoms with Gasteiger partial charge in [0.2, 0.25) is 0 Å². The third-order valence-electron chi connectivity index (χ3n) is 3.91. The molecule has 0 radical (unpaired) electrons. The number of amides is 1. The Bertz CT molecular complexity index is 517. The van der Waals surface area contributed by atoms with Crippen LogP contribution in [0, 0.1) is 5.92 Å². The van der Waals surface area contributed by atoms with E-state index in [0.29, 0.717) is 31.1 Å². The number of carbonyl (C=O) groups excluding carboxylic acids is 1. The van der Waals surface area contributed by atoms with Crippen LogP contribution in [-0.4, -0.2) is 36.9 Å². The summed E-state index contributed by atoms with van der Waals surface area (Å²) >= 11 is 0. The maximum atomic E-state index is 12.0. The number of carbonyl (C=O) groups is 1. The third kappa shape index (κ3) is 2.51. The second-order valence-corrected chi connectivity index (χ2v) is 5.44. The molecular weight excluding hydrogens is 258 g/mol. The van der Waals surface area contributed by atoms with E-state index in [2.05, 4.69) is 5.32 Å². The van der Waals surface area contributed by atoms with Crippen molar-refractivity contribution in [3.8, 4) is 5.75 Å². The summed E-state index contributed by atoms with van der Waals surface area (Å²) < 4.78 is 11.0. The summed E-state index contributed by atoms with van der Waals surface area (Å²) in [4.78, 5) is 12.0. The van der Waals surface area contributed by atoms with E-state index in [9.17, 15) is 9.90 Å². The van der Waals surface area contributed by atoms with Gasteiger partial charge in [-0.05, 0) is 31.0 Å². The van der Waals surface area contributed by atoms with Gasteiger partial charge in [-0.2, -0.15) is 0 Å². The molecule has 0 saturated carbocycles. The van der Waals surface area contributed by atoms with Crippen LogP contribution in [0.25, 0.3) is 0 Å². The summed E-state index contributed by atoms with van der Waals surface area (Å²) in [6.45, 7) is 3.53. The number of hydrogen-bond donors (Lipinski definition) is 2. The Kier molecular flexibility index (Phi) is 3.63. The molecule has 1 amide bonds. The molecule has 1 aromatic rings. The molecule has 5 nitrogen and oxygen atoms in total. The van der Waals surface area contributed by atoms with E-state index in [1.165, 1.54) is 0 Å². The minimum atomic E-state index is -0.610. The Morgan fingerprint density at radius 2 is 2.30 bits per heavy atom. The first kappa shape index (κ1) is 13.4. The molecule has 2 aliphatic heterocycles. The van der Waals surface area contributed by atoms with Gasteiger partial charge in [-0.25, -0.2) is 0 Å². The maximum Gasteiger partial charge on any atom is 0.255 e. The Hall–Kier alpha value is -1.59. The highest BCUT2D eigenvalue weighted by molar-refractivity contribution is 5.97. The summed E-state index contributed by atoms with van der Waals surface area (Å²) in [6, 6.07) is 5.31. The Morgan fingerprint density at radius 3 is 3.05 bits per heavy atom. The lowest BCUT2D eigenvalue weighted by Gasteiger charge is -2.18. The van der Waals surface area contributed by atoms with Crippen LogP contribution in [0.2, 0.25) is 0 Å². The van der Waals surface area contributed by atoms with Gasteiger partial charge in [-0.3, -0.25) is 4.79 Å². The van der Waals surface area contributed by atoms with Crippen LogP contribution in [0.3, 0.4) is 0 Å². The van der Waals surface area contributed by atoms with Crippen molar-refractivity contribution in [1.29, 1.82) is 0 Å². The molecule has 1 aromatic carbocycles. The van der Waals surface area contributed by atoms with Crippen molar-refractivity contribution >= 4 is 5.91 Å². The number of rotatable bonds is 2. The standard InChI is InChI=1S/C15H19NO4/c1-9-6-11(8-20-9)14(17)10-2-3-13-12(7-10)15(18)16-4-5-19-13/h2-3,7,9,11,14,17H,4-6,8H2,1H3,(H,16,18). The maximum absolute atomic E-state index is 12.0. The summed E-state index contributed by atoms with van der Waals surface area (Å²) in [5.74, 6) is 0.507. The number of benzene rings is 1. The average molecular weight is 277 g/mol. The van der Waals surface area contributed by atoms with Gasteiger partial charge in [-0.15, -0.1) is 0 Å². The third-order valence-corrected chi connectivity index (χ3v) is 3.91. The smallest absolute Gasteiger partial charge is 0.255 e. The average Bonchev–Trinajstić information content (AvgIpc) is 2.80. The summed E-state index contributed by atoms with van der Waals surface area (Å²) in [5, 5.41) is 13.2. The predicted octanol–water partition coefficient (Wildman–Crippen LogP) is 1.27. The van der Waals surface area contributed by atoms with Gasteiger partial charge in [0, 0.05) is 5.92 Å². The predicted molar refractivity (Wildman–Crippen MR) is 72.8 cm³/mol. The zero-order valence-electron chi connectivity index (χ0n) is 11.5. The molecule has 1 fully saturated rings. The quantitative estimate of drug-likeness (QED) is 0.854. The van der Waals surface area contributed by atoms with Crippen LogP contribution in [0.4, 0.5) is 0 Å². The molecule has 2 N–H and O–H groups in total. The van der Waals surface area contributed by atoms with Crippen LogP contribution in [0.5, 0.6) is 5.75 Å². The van der Waals surface area contributed by atoms with E-state index in [0.717, 1.165) is 12.0 Å². The fourth-order valence-electron chi connectivity index (χ4n) is 2.80. The van der Waals surface area contributed by atoms with Crippen molar-refractivity contribution in [2.45, 2.75) is 25.6 Å². The van der Waals surface area contributed by atoms with Crippen LogP contribution >= 0.6 is 0 Å². The number of nitrogens with one attached hydrogen (secondary N) is 1. The molecule has 0 spiro atoms. The highest BCUT2D eigenvalue weighted by Gasteiger charge is 2.30. The second kappa shape index (κ2) is 5.42. The minimum Gasteiger partial charge on any atom is -0.491 e. The number of aliphatic hydroxyl groups is 1. The molecule has 20 heavy (non-hydrogen) atoms. The minimum absolute atomic E-state index is 0.0813. The summed E-state index contributed by atoms with van der Waals surface area (Å²) in [7, 11) is 0. The molecular formula is C15H19NO4.